The van der Waals surface area contributed by atoms with Gasteiger partial charge in [0, 0.05) is 39.3 Å². The van der Waals surface area contributed by atoms with Crippen LogP contribution in [0.5, 0.6) is 0 Å². The zero-order chi connectivity index (χ0) is 19.8. The zero-order valence-electron chi connectivity index (χ0n) is 17.8. The van der Waals surface area contributed by atoms with E-state index in [1.807, 2.05) is 18.3 Å². The number of rotatable bonds is 8. The summed E-state index contributed by atoms with van der Waals surface area (Å²) >= 11 is 1.84. The molecule has 0 amide bonds. The van der Waals surface area contributed by atoms with Crippen molar-refractivity contribution in [2.75, 3.05) is 31.9 Å². The van der Waals surface area contributed by atoms with Crippen LogP contribution in [0.4, 0.5) is 0 Å². The number of hydrogen-bond donors (Lipinski definition) is 2. The van der Waals surface area contributed by atoms with Crippen molar-refractivity contribution in [2.24, 2.45) is 4.99 Å². The third-order valence-electron chi connectivity index (χ3n) is 5.84. The fraction of sp³-hybridized carbons (Fsp3) is 0.762. The Kier molecular flexibility index (Phi) is 11.5. The normalized spacial score (nSPS) is 25.2. The Labute approximate surface area is 200 Å². The Morgan fingerprint density at radius 2 is 2.10 bits per heavy atom. The average Bonchev–Trinajstić information content (AvgIpc) is 3.42. The molecule has 1 aliphatic carbocycles. The fourth-order valence-corrected chi connectivity index (χ4v) is 6.56. The number of nitrogens with zero attached hydrogens (tertiary/aromatic N) is 2. The first kappa shape index (κ1) is 25.1. The van der Waals surface area contributed by atoms with Gasteiger partial charge in [-0.05, 0) is 63.6 Å². The van der Waals surface area contributed by atoms with Gasteiger partial charge in [0.15, 0.2) is 5.96 Å². The lowest BCUT2D eigenvalue weighted by molar-refractivity contribution is 0.255. The lowest BCUT2D eigenvalue weighted by Crippen LogP contribution is -2.47. The van der Waals surface area contributed by atoms with Crippen molar-refractivity contribution >= 4 is 52.1 Å². The minimum absolute atomic E-state index is 0. The van der Waals surface area contributed by atoms with E-state index < -0.39 is 10.8 Å². The number of nitrogens with one attached hydrogen (secondary N) is 2. The van der Waals surface area contributed by atoms with Gasteiger partial charge in [0.2, 0.25) is 0 Å². The van der Waals surface area contributed by atoms with Crippen molar-refractivity contribution in [1.29, 1.82) is 0 Å². The van der Waals surface area contributed by atoms with Crippen LogP contribution in [0.15, 0.2) is 22.5 Å². The summed E-state index contributed by atoms with van der Waals surface area (Å²) in [6.07, 6.45) is 6.97. The molecule has 0 bridgehead atoms. The minimum atomic E-state index is -0.691. The molecule has 4 unspecified atom stereocenters. The molecule has 0 aromatic carbocycles. The molecule has 8 heteroatoms. The maximum atomic E-state index is 12.3. The highest BCUT2D eigenvalue weighted by Gasteiger charge is 2.27. The highest BCUT2D eigenvalue weighted by atomic mass is 127. The van der Waals surface area contributed by atoms with Crippen LogP contribution in [0, 0.1) is 0 Å². The Bertz CT molecular complexity index is 635. The Morgan fingerprint density at radius 1 is 1.31 bits per heavy atom. The van der Waals surface area contributed by atoms with E-state index in [9.17, 15) is 4.21 Å². The van der Waals surface area contributed by atoms with Gasteiger partial charge >= 0.3 is 0 Å². The topological polar surface area (TPSA) is 56.7 Å². The molecule has 0 radical (unpaired) electrons. The van der Waals surface area contributed by atoms with Crippen LogP contribution in [-0.4, -0.2) is 58.3 Å². The van der Waals surface area contributed by atoms with Gasteiger partial charge in [-0.15, -0.1) is 35.3 Å². The molecular weight excluding hydrogens is 515 g/mol. The number of likely N-dealkylation sites (tertiary alicyclic amines) is 1. The number of hydrogen-bond acceptors (Lipinski definition) is 4. The van der Waals surface area contributed by atoms with Crippen molar-refractivity contribution in [3.05, 3.63) is 22.4 Å². The minimum Gasteiger partial charge on any atom is -0.357 e. The zero-order valence-corrected chi connectivity index (χ0v) is 21.7. The number of guanidine groups is 1. The molecule has 0 spiro atoms. The van der Waals surface area contributed by atoms with E-state index in [1.54, 1.807) is 0 Å². The quantitative estimate of drug-likeness (QED) is 0.289. The predicted octanol–water partition coefficient (Wildman–Crippen LogP) is 4.14. The molecule has 2 N–H and O–H groups in total. The van der Waals surface area contributed by atoms with E-state index in [2.05, 4.69) is 40.0 Å². The smallest absolute Gasteiger partial charge is 0.191 e. The Balaban J connectivity index is 0.00000300. The van der Waals surface area contributed by atoms with Crippen LogP contribution in [0.25, 0.3) is 0 Å². The summed E-state index contributed by atoms with van der Waals surface area (Å²) < 4.78 is 12.3. The van der Waals surface area contributed by atoms with Crippen molar-refractivity contribution in [1.82, 2.24) is 15.5 Å². The lowest BCUT2D eigenvalue weighted by Gasteiger charge is -2.30. The summed E-state index contributed by atoms with van der Waals surface area (Å²) in [6.45, 7) is 8.14. The summed E-state index contributed by atoms with van der Waals surface area (Å²) in [7, 11) is -0.691. The summed E-state index contributed by atoms with van der Waals surface area (Å²) in [6, 6.07) is 5.14. The number of halogens is 1. The number of aliphatic imine (C=N–C) groups is 1. The van der Waals surface area contributed by atoms with E-state index in [4.69, 9.17) is 4.99 Å². The van der Waals surface area contributed by atoms with E-state index in [0.29, 0.717) is 17.3 Å². The molecule has 2 aliphatic rings. The van der Waals surface area contributed by atoms with Crippen LogP contribution < -0.4 is 10.6 Å². The summed E-state index contributed by atoms with van der Waals surface area (Å²) in [5.74, 6) is 1.68. The molecule has 29 heavy (non-hydrogen) atoms. The van der Waals surface area contributed by atoms with Crippen molar-refractivity contribution < 1.29 is 4.21 Å². The van der Waals surface area contributed by atoms with Crippen LogP contribution in [-0.2, 0) is 10.8 Å². The van der Waals surface area contributed by atoms with Gasteiger partial charge in [-0.25, -0.2) is 0 Å². The molecule has 166 valence electrons. The molecule has 1 aromatic heterocycles. The van der Waals surface area contributed by atoms with Crippen molar-refractivity contribution in [3.63, 3.8) is 0 Å². The third kappa shape index (κ3) is 7.47. The third-order valence-corrected chi connectivity index (χ3v) is 8.56. The highest BCUT2D eigenvalue weighted by Crippen LogP contribution is 2.29. The number of thiophene rings is 1. The molecule has 1 aliphatic heterocycles. The summed E-state index contributed by atoms with van der Waals surface area (Å²) in [5.41, 5.74) is 0. The molecule has 4 atom stereocenters. The van der Waals surface area contributed by atoms with Gasteiger partial charge in [0.05, 0.1) is 12.6 Å². The second-order valence-electron chi connectivity index (χ2n) is 7.79. The maximum absolute atomic E-state index is 12.3. The van der Waals surface area contributed by atoms with E-state index >= 15 is 0 Å². The van der Waals surface area contributed by atoms with Gasteiger partial charge in [0.25, 0.3) is 0 Å². The molecular formula is C21H37IN4OS2. The van der Waals surface area contributed by atoms with Gasteiger partial charge in [0.1, 0.15) is 0 Å². The van der Waals surface area contributed by atoms with Crippen LogP contribution in [0.2, 0.25) is 0 Å². The molecule has 5 nitrogen and oxygen atoms in total. The molecule has 1 saturated heterocycles. The predicted molar refractivity (Wildman–Crippen MR) is 137 cm³/mol. The van der Waals surface area contributed by atoms with Crippen molar-refractivity contribution in [3.8, 4) is 0 Å². The largest absolute Gasteiger partial charge is 0.357 e. The van der Waals surface area contributed by atoms with Crippen molar-refractivity contribution in [2.45, 2.75) is 69.7 Å². The first-order valence-electron chi connectivity index (χ1n) is 10.9. The second kappa shape index (κ2) is 13.3. The standard InChI is InChI=1S/C21H36N4OS2.HI/c1-3-22-21(24-17-9-7-10-18(15-17)28(26)4-2)23-16-19(20-11-8-14-27-20)25-12-5-6-13-25;/h8,11,14,17-19H,3-7,9-10,12-13,15-16H2,1-2H3,(H2,22,23,24);1H. The van der Waals surface area contributed by atoms with E-state index in [1.165, 1.54) is 30.8 Å². The first-order valence-corrected chi connectivity index (χ1v) is 13.2. The van der Waals surface area contributed by atoms with Gasteiger partial charge in [-0.3, -0.25) is 14.1 Å². The Morgan fingerprint density at radius 3 is 2.76 bits per heavy atom. The fourth-order valence-electron chi connectivity index (χ4n) is 4.36. The Hall–Kier alpha value is -0.190. The molecule has 3 rings (SSSR count). The van der Waals surface area contributed by atoms with Gasteiger partial charge in [-0.1, -0.05) is 19.4 Å². The summed E-state index contributed by atoms with van der Waals surface area (Å²) in [4.78, 5) is 8.98. The van der Waals surface area contributed by atoms with Crippen LogP contribution >= 0.6 is 35.3 Å². The SMILES string of the molecule is CCNC(=NCC(c1cccs1)N1CCCC1)NC1CCCC(S(=O)CC)C1.I. The molecule has 2 heterocycles. The average molecular weight is 553 g/mol. The molecule has 2 fully saturated rings. The maximum Gasteiger partial charge on any atom is 0.191 e. The van der Waals surface area contributed by atoms with Crippen LogP contribution in [0.1, 0.15) is 63.3 Å². The molecule has 1 aromatic rings. The monoisotopic (exact) mass is 552 g/mol. The molecule has 1 saturated carbocycles. The van der Waals surface area contributed by atoms with Gasteiger partial charge < -0.3 is 10.6 Å². The van der Waals surface area contributed by atoms with Crippen LogP contribution in [0.3, 0.4) is 0 Å². The van der Waals surface area contributed by atoms with E-state index in [-0.39, 0.29) is 24.0 Å². The summed E-state index contributed by atoms with van der Waals surface area (Å²) in [5, 5.41) is 9.58. The lowest BCUT2D eigenvalue weighted by atomic mass is 9.95. The first-order chi connectivity index (χ1) is 13.7. The second-order valence-corrected chi connectivity index (χ2v) is 10.8. The van der Waals surface area contributed by atoms with Gasteiger partial charge in [-0.2, -0.15) is 0 Å². The highest BCUT2D eigenvalue weighted by molar-refractivity contribution is 14.0. The van der Waals surface area contributed by atoms with E-state index in [0.717, 1.165) is 50.5 Å².